The summed E-state index contributed by atoms with van der Waals surface area (Å²) in [5.41, 5.74) is 7.50. The molecule has 2 atom stereocenters. The van der Waals surface area contributed by atoms with Crippen LogP contribution in [0, 0.1) is 5.92 Å². The summed E-state index contributed by atoms with van der Waals surface area (Å²) in [7, 11) is 0. The number of thiophene rings is 1. The van der Waals surface area contributed by atoms with Crippen LogP contribution >= 0.6 is 11.3 Å². The number of rotatable bonds is 7. The number of carbonyl (C=O) groups excluding carboxylic acids is 1. The van der Waals surface area contributed by atoms with Gasteiger partial charge in [0.25, 0.3) is 0 Å². The molecule has 1 amide bonds. The first kappa shape index (κ1) is 16.7. The zero-order valence-electron chi connectivity index (χ0n) is 12.7. The molecule has 118 valence electrons. The van der Waals surface area contributed by atoms with E-state index in [2.05, 4.69) is 0 Å². The van der Waals surface area contributed by atoms with Gasteiger partial charge in [-0.3, -0.25) is 4.79 Å². The summed E-state index contributed by atoms with van der Waals surface area (Å²) < 4.78 is 0. The van der Waals surface area contributed by atoms with Crippen LogP contribution < -0.4 is 5.73 Å². The Morgan fingerprint density at radius 3 is 2.64 bits per heavy atom. The number of aliphatic hydroxyl groups is 1. The SMILES string of the molecule is CC(CN)C(=O)N(Cc1ccccc1)CC(O)c1ccsc1. The first-order valence-corrected chi connectivity index (χ1v) is 8.29. The molecule has 0 saturated heterocycles. The second-order valence-electron chi connectivity index (χ2n) is 5.41. The highest BCUT2D eigenvalue weighted by Crippen LogP contribution is 2.19. The summed E-state index contributed by atoms with van der Waals surface area (Å²) in [4.78, 5) is 14.2. The molecule has 2 aromatic rings. The summed E-state index contributed by atoms with van der Waals surface area (Å²) in [5, 5.41) is 14.2. The standard InChI is InChI=1S/C17H22N2O2S/c1-13(9-18)17(21)19(10-14-5-3-2-4-6-14)11-16(20)15-7-8-22-12-15/h2-8,12-13,16,20H,9-11,18H2,1H3. The Balaban J connectivity index is 2.12. The van der Waals surface area contributed by atoms with Crippen LogP contribution in [-0.2, 0) is 11.3 Å². The van der Waals surface area contributed by atoms with Crippen molar-refractivity contribution in [2.24, 2.45) is 11.7 Å². The van der Waals surface area contributed by atoms with Crippen molar-refractivity contribution in [2.75, 3.05) is 13.1 Å². The number of nitrogens with zero attached hydrogens (tertiary/aromatic N) is 1. The van der Waals surface area contributed by atoms with Crippen molar-refractivity contribution in [3.63, 3.8) is 0 Å². The Labute approximate surface area is 135 Å². The number of carbonyl (C=O) groups is 1. The molecule has 1 heterocycles. The lowest BCUT2D eigenvalue weighted by atomic mass is 10.1. The van der Waals surface area contributed by atoms with E-state index in [9.17, 15) is 9.90 Å². The van der Waals surface area contributed by atoms with Gasteiger partial charge in [0.15, 0.2) is 0 Å². The van der Waals surface area contributed by atoms with E-state index in [1.807, 2.05) is 54.1 Å². The topological polar surface area (TPSA) is 66.6 Å². The van der Waals surface area contributed by atoms with Crippen molar-refractivity contribution >= 4 is 17.2 Å². The van der Waals surface area contributed by atoms with Crippen molar-refractivity contribution in [2.45, 2.75) is 19.6 Å². The lowest BCUT2D eigenvalue weighted by molar-refractivity contribution is -0.136. The Hall–Kier alpha value is -1.69. The van der Waals surface area contributed by atoms with Crippen LogP contribution in [0.1, 0.15) is 24.2 Å². The predicted molar refractivity (Wildman–Crippen MR) is 89.4 cm³/mol. The summed E-state index contributed by atoms with van der Waals surface area (Å²) in [6.45, 7) is 2.87. The normalized spacial score (nSPS) is 13.6. The van der Waals surface area contributed by atoms with Crippen LogP contribution in [0.3, 0.4) is 0 Å². The minimum absolute atomic E-state index is 0.0272. The van der Waals surface area contributed by atoms with E-state index in [1.165, 1.54) is 11.3 Å². The fraction of sp³-hybridized carbons (Fsp3) is 0.353. The van der Waals surface area contributed by atoms with E-state index in [0.29, 0.717) is 13.1 Å². The van der Waals surface area contributed by atoms with Gasteiger partial charge < -0.3 is 15.7 Å². The smallest absolute Gasteiger partial charge is 0.227 e. The largest absolute Gasteiger partial charge is 0.387 e. The maximum atomic E-state index is 12.5. The van der Waals surface area contributed by atoms with Gasteiger partial charge in [0.2, 0.25) is 5.91 Å². The summed E-state index contributed by atoms with van der Waals surface area (Å²) >= 11 is 1.53. The molecule has 0 aliphatic carbocycles. The zero-order valence-corrected chi connectivity index (χ0v) is 13.5. The van der Waals surface area contributed by atoms with Crippen molar-refractivity contribution in [1.29, 1.82) is 0 Å². The third kappa shape index (κ3) is 4.40. The molecule has 5 heteroatoms. The van der Waals surface area contributed by atoms with Crippen LogP contribution in [0.5, 0.6) is 0 Å². The van der Waals surface area contributed by atoms with Gasteiger partial charge >= 0.3 is 0 Å². The number of hydrogen-bond acceptors (Lipinski definition) is 4. The third-order valence-corrected chi connectivity index (χ3v) is 4.33. The predicted octanol–water partition coefficient (Wildman–Crippen LogP) is 2.41. The molecule has 22 heavy (non-hydrogen) atoms. The first-order valence-electron chi connectivity index (χ1n) is 7.34. The number of hydrogen-bond donors (Lipinski definition) is 2. The highest BCUT2D eigenvalue weighted by atomic mass is 32.1. The zero-order chi connectivity index (χ0) is 15.9. The van der Waals surface area contributed by atoms with E-state index in [1.54, 1.807) is 4.90 Å². The van der Waals surface area contributed by atoms with Gasteiger partial charge in [-0.05, 0) is 28.0 Å². The first-order chi connectivity index (χ1) is 10.6. The second kappa shape index (κ2) is 8.08. The minimum atomic E-state index is -0.677. The van der Waals surface area contributed by atoms with Gasteiger partial charge in [0.05, 0.1) is 12.6 Å². The molecule has 2 rings (SSSR count). The molecule has 2 unspecified atom stereocenters. The van der Waals surface area contributed by atoms with Crippen LogP contribution in [0.2, 0.25) is 0 Å². The Bertz CT molecular complexity index is 572. The molecule has 0 bridgehead atoms. The summed E-state index contributed by atoms with van der Waals surface area (Å²) in [6.07, 6.45) is -0.677. The van der Waals surface area contributed by atoms with Gasteiger partial charge in [0, 0.05) is 19.0 Å². The fourth-order valence-corrected chi connectivity index (χ4v) is 2.93. The van der Waals surface area contributed by atoms with Crippen molar-refractivity contribution in [3.05, 3.63) is 58.3 Å². The van der Waals surface area contributed by atoms with Crippen LogP contribution in [0.15, 0.2) is 47.2 Å². The molecule has 0 saturated carbocycles. The molecule has 4 nitrogen and oxygen atoms in total. The molecule has 0 fully saturated rings. The van der Waals surface area contributed by atoms with Gasteiger partial charge in [-0.2, -0.15) is 11.3 Å². The molecule has 1 aromatic carbocycles. The Morgan fingerprint density at radius 1 is 1.32 bits per heavy atom. The molecule has 0 aliphatic heterocycles. The van der Waals surface area contributed by atoms with Crippen molar-refractivity contribution in [3.8, 4) is 0 Å². The fourth-order valence-electron chi connectivity index (χ4n) is 2.23. The van der Waals surface area contributed by atoms with Crippen LogP contribution in [0.4, 0.5) is 0 Å². The molecular weight excluding hydrogens is 296 g/mol. The van der Waals surface area contributed by atoms with Gasteiger partial charge in [-0.15, -0.1) is 0 Å². The van der Waals surface area contributed by atoms with Gasteiger partial charge in [-0.25, -0.2) is 0 Å². The lowest BCUT2D eigenvalue weighted by Crippen LogP contribution is -2.39. The molecule has 0 spiro atoms. The number of benzene rings is 1. The third-order valence-electron chi connectivity index (χ3n) is 3.62. The minimum Gasteiger partial charge on any atom is -0.387 e. The van der Waals surface area contributed by atoms with Gasteiger partial charge in [0.1, 0.15) is 0 Å². The lowest BCUT2D eigenvalue weighted by Gasteiger charge is -2.27. The van der Waals surface area contributed by atoms with E-state index in [0.717, 1.165) is 11.1 Å². The van der Waals surface area contributed by atoms with E-state index in [4.69, 9.17) is 5.73 Å². The Kier molecular flexibility index (Phi) is 6.12. The highest BCUT2D eigenvalue weighted by Gasteiger charge is 2.23. The average Bonchev–Trinajstić information content (AvgIpc) is 3.08. The summed E-state index contributed by atoms with van der Waals surface area (Å²) in [5.74, 6) is -0.279. The number of amides is 1. The van der Waals surface area contributed by atoms with Crippen molar-refractivity contribution < 1.29 is 9.90 Å². The Morgan fingerprint density at radius 2 is 2.05 bits per heavy atom. The van der Waals surface area contributed by atoms with Crippen LogP contribution in [-0.4, -0.2) is 29.0 Å². The molecular formula is C17H22N2O2S. The monoisotopic (exact) mass is 318 g/mol. The average molecular weight is 318 g/mol. The molecule has 0 aliphatic rings. The number of aliphatic hydroxyl groups excluding tert-OH is 1. The van der Waals surface area contributed by atoms with Gasteiger partial charge in [-0.1, -0.05) is 37.3 Å². The van der Waals surface area contributed by atoms with Crippen molar-refractivity contribution in [1.82, 2.24) is 4.90 Å². The van der Waals surface area contributed by atoms with E-state index in [-0.39, 0.29) is 18.4 Å². The van der Waals surface area contributed by atoms with Crippen LogP contribution in [0.25, 0.3) is 0 Å². The molecule has 3 N–H and O–H groups in total. The molecule has 0 radical (unpaired) electrons. The molecule has 1 aromatic heterocycles. The summed E-state index contributed by atoms with van der Waals surface area (Å²) in [6, 6.07) is 11.7. The number of nitrogens with two attached hydrogens (primary N) is 1. The maximum Gasteiger partial charge on any atom is 0.227 e. The quantitative estimate of drug-likeness (QED) is 0.824. The van der Waals surface area contributed by atoms with E-state index >= 15 is 0 Å². The maximum absolute atomic E-state index is 12.5. The highest BCUT2D eigenvalue weighted by molar-refractivity contribution is 7.07. The van der Waals surface area contributed by atoms with E-state index < -0.39 is 6.10 Å². The second-order valence-corrected chi connectivity index (χ2v) is 6.19.